The van der Waals surface area contributed by atoms with Crippen molar-refractivity contribution < 1.29 is 9.30 Å². The van der Waals surface area contributed by atoms with Crippen LogP contribution in [0.1, 0.15) is 64.4 Å². The van der Waals surface area contributed by atoms with Crippen LogP contribution < -0.4 is 4.57 Å². The Bertz CT molecular complexity index is 368. The average molecular weight is 299 g/mol. The summed E-state index contributed by atoms with van der Waals surface area (Å²) in [5.41, 5.74) is 1.19. The lowest BCUT2D eigenvalue weighted by atomic mass is 10.1. The number of aromatic nitrogens is 1. The zero-order valence-corrected chi connectivity index (χ0v) is 13.8. The molecular weight excluding hydrogens is 270 g/mol. The van der Waals surface area contributed by atoms with E-state index in [4.69, 9.17) is 16.3 Å². The summed E-state index contributed by atoms with van der Waals surface area (Å²) in [5, 5.41) is 0.828. The normalized spacial score (nSPS) is 10.9. The minimum atomic E-state index is 0.597. The van der Waals surface area contributed by atoms with E-state index in [9.17, 15) is 0 Å². The van der Waals surface area contributed by atoms with Gasteiger partial charge >= 0.3 is 0 Å². The molecule has 0 radical (unpaired) electrons. The SMILES string of the molecule is CCCCCCCCCOC[n+]1ccc(CC)c(Cl)c1. The second-order valence-electron chi connectivity index (χ2n) is 5.34. The summed E-state index contributed by atoms with van der Waals surface area (Å²) < 4.78 is 7.68. The molecule has 0 bridgehead atoms. The molecule has 0 aliphatic carbocycles. The van der Waals surface area contributed by atoms with Gasteiger partial charge in [0.1, 0.15) is 5.02 Å². The van der Waals surface area contributed by atoms with E-state index < -0.39 is 0 Å². The van der Waals surface area contributed by atoms with Crippen LogP contribution in [-0.4, -0.2) is 6.61 Å². The summed E-state index contributed by atoms with van der Waals surface area (Å²) in [6, 6.07) is 2.07. The van der Waals surface area contributed by atoms with Crippen molar-refractivity contribution in [2.75, 3.05) is 6.61 Å². The third kappa shape index (κ3) is 7.25. The molecule has 0 aromatic carbocycles. The van der Waals surface area contributed by atoms with Crippen LogP contribution in [0.25, 0.3) is 0 Å². The Labute approximate surface area is 129 Å². The summed E-state index contributed by atoms with van der Waals surface area (Å²) in [5.74, 6) is 0. The second kappa shape index (κ2) is 11.1. The highest BCUT2D eigenvalue weighted by Gasteiger charge is 2.05. The Morgan fingerprint density at radius 2 is 1.75 bits per heavy atom. The van der Waals surface area contributed by atoms with Gasteiger partial charge < -0.3 is 4.74 Å². The van der Waals surface area contributed by atoms with Gasteiger partial charge in [-0.3, -0.25) is 0 Å². The molecule has 3 heteroatoms. The van der Waals surface area contributed by atoms with E-state index in [1.165, 1.54) is 44.1 Å². The van der Waals surface area contributed by atoms with Gasteiger partial charge in [-0.25, -0.2) is 0 Å². The Balaban J connectivity index is 2.05. The van der Waals surface area contributed by atoms with Crippen molar-refractivity contribution in [1.29, 1.82) is 0 Å². The molecule has 0 aliphatic rings. The van der Waals surface area contributed by atoms with Crippen LogP contribution in [0.5, 0.6) is 0 Å². The van der Waals surface area contributed by atoms with E-state index in [2.05, 4.69) is 19.9 Å². The van der Waals surface area contributed by atoms with E-state index in [-0.39, 0.29) is 0 Å². The number of pyridine rings is 1. The Kier molecular flexibility index (Phi) is 9.69. The lowest BCUT2D eigenvalue weighted by Crippen LogP contribution is -2.34. The highest BCUT2D eigenvalue weighted by atomic mass is 35.5. The zero-order chi connectivity index (χ0) is 14.6. The molecule has 0 N–H and O–H groups in total. The highest BCUT2D eigenvalue weighted by molar-refractivity contribution is 6.31. The molecule has 1 rings (SSSR count). The van der Waals surface area contributed by atoms with Crippen molar-refractivity contribution in [3.63, 3.8) is 0 Å². The molecule has 0 amide bonds. The number of ether oxygens (including phenoxy) is 1. The number of halogens is 1. The predicted octanol–water partition coefficient (Wildman–Crippen LogP) is 4.91. The van der Waals surface area contributed by atoms with Crippen LogP contribution in [0.4, 0.5) is 0 Å². The summed E-state index contributed by atoms with van der Waals surface area (Å²) in [6.07, 6.45) is 14.2. The van der Waals surface area contributed by atoms with Crippen LogP contribution in [0, 0.1) is 0 Å². The second-order valence-corrected chi connectivity index (χ2v) is 5.75. The first-order chi connectivity index (χ1) is 9.77. The van der Waals surface area contributed by atoms with Crippen LogP contribution in [0.2, 0.25) is 5.02 Å². The van der Waals surface area contributed by atoms with Gasteiger partial charge in [0, 0.05) is 6.07 Å². The van der Waals surface area contributed by atoms with Gasteiger partial charge in [0.15, 0.2) is 12.4 Å². The number of hydrogen-bond donors (Lipinski definition) is 0. The molecule has 1 heterocycles. The molecule has 20 heavy (non-hydrogen) atoms. The quantitative estimate of drug-likeness (QED) is 0.418. The molecular formula is C17H29ClNO+. The first-order valence-electron chi connectivity index (χ1n) is 8.03. The number of hydrogen-bond acceptors (Lipinski definition) is 1. The van der Waals surface area contributed by atoms with Crippen molar-refractivity contribution in [1.82, 2.24) is 0 Å². The fourth-order valence-electron chi connectivity index (χ4n) is 2.24. The maximum absolute atomic E-state index is 6.18. The predicted molar refractivity (Wildman–Crippen MR) is 85.0 cm³/mol. The molecule has 0 saturated carbocycles. The van der Waals surface area contributed by atoms with Crippen molar-refractivity contribution >= 4 is 11.6 Å². The van der Waals surface area contributed by atoms with E-state index >= 15 is 0 Å². The van der Waals surface area contributed by atoms with E-state index in [1.54, 1.807) is 0 Å². The molecule has 0 atom stereocenters. The van der Waals surface area contributed by atoms with Crippen LogP contribution >= 0.6 is 11.6 Å². The first-order valence-corrected chi connectivity index (χ1v) is 8.41. The van der Waals surface area contributed by atoms with Gasteiger partial charge in [0.2, 0.25) is 0 Å². The van der Waals surface area contributed by atoms with Gasteiger partial charge in [-0.1, -0.05) is 64.0 Å². The molecule has 0 unspecified atom stereocenters. The summed E-state index contributed by atoms with van der Waals surface area (Å²) in [7, 11) is 0. The molecule has 0 aliphatic heterocycles. The fourth-order valence-corrected chi connectivity index (χ4v) is 2.56. The van der Waals surface area contributed by atoms with Crippen LogP contribution in [0.15, 0.2) is 18.5 Å². The Morgan fingerprint density at radius 3 is 2.40 bits per heavy atom. The summed E-state index contributed by atoms with van der Waals surface area (Å²) in [6.45, 7) is 5.81. The van der Waals surface area contributed by atoms with Crippen LogP contribution in [0.3, 0.4) is 0 Å². The van der Waals surface area contributed by atoms with Crippen molar-refractivity contribution in [3.05, 3.63) is 29.0 Å². The molecule has 114 valence electrons. The number of unbranched alkanes of at least 4 members (excludes halogenated alkanes) is 6. The van der Waals surface area contributed by atoms with Gasteiger partial charge in [-0.05, 0) is 18.4 Å². The van der Waals surface area contributed by atoms with Crippen molar-refractivity contribution in [2.45, 2.75) is 71.9 Å². The number of rotatable bonds is 11. The standard InChI is InChI=1S/C17H29ClNO/c1-3-5-6-7-8-9-10-13-20-15-19-12-11-16(4-2)17(18)14-19/h11-12,14H,3-10,13,15H2,1-2H3/q+1. The zero-order valence-electron chi connectivity index (χ0n) is 13.0. The number of aryl methyl sites for hydroxylation is 1. The molecule has 1 aromatic rings. The van der Waals surface area contributed by atoms with Gasteiger partial charge in [0.05, 0.1) is 6.61 Å². The summed E-state index contributed by atoms with van der Waals surface area (Å²) in [4.78, 5) is 0. The molecule has 0 saturated heterocycles. The number of nitrogens with zero attached hydrogens (tertiary/aromatic N) is 1. The maximum atomic E-state index is 6.18. The van der Waals surface area contributed by atoms with Gasteiger partial charge in [-0.15, -0.1) is 0 Å². The van der Waals surface area contributed by atoms with Crippen LogP contribution in [-0.2, 0) is 17.9 Å². The van der Waals surface area contributed by atoms with E-state index in [0.717, 1.165) is 24.5 Å². The topological polar surface area (TPSA) is 13.1 Å². The third-order valence-electron chi connectivity index (χ3n) is 3.57. The molecule has 2 nitrogen and oxygen atoms in total. The maximum Gasteiger partial charge on any atom is 0.252 e. The average Bonchev–Trinajstić information content (AvgIpc) is 2.46. The van der Waals surface area contributed by atoms with E-state index in [1.807, 2.05) is 17.0 Å². The Hall–Kier alpha value is -0.600. The molecule has 0 fully saturated rings. The highest BCUT2D eigenvalue weighted by Crippen LogP contribution is 2.12. The third-order valence-corrected chi connectivity index (χ3v) is 3.91. The monoisotopic (exact) mass is 298 g/mol. The van der Waals surface area contributed by atoms with Crippen molar-refractivity contribution in [3.8, 4) is 0 Å². The minimum absolute atomic E-state index is 0.597. The Morgan fingerprint density at radius 1 is 1.05 bits per heavy atom. The largest absolute Gasteiger partial charge is 0.323 e. The fraction of sp³-hybridized carbons (Fsp3) is 0.706. The van der Waals surface area contributed by atoms with E-state index in [0.29, 0.717) is 6.73 Å². The van der Waals surface area contributed by atoms with Gasteiger partial charge in [-0.2, -0.15) is 4.57 Å². The van der Waals surface area contributed by atoms with Gasteiger partial charge in [0.25, 0.3) is 6.73 Å². The lowest BCUT2D eigenvalue weighted by Gasteiger charge is -2.03. The molecule has 1 aromatic heterocycles. The smallest absolute Gasteiger partial charge is 0.252 e. The minimum Gasteiger partial charge on any atom is -0.323 e. The van der Waals surface area contributed by atoms with Crippen molar-refractivity contribution in [2.24, 2.45) is 0 Å². The lowest BCUT2D eigenvalue weighted by molar-refractivity contribution is -0.732. The first kappa shape index (κ1) is 17.5. The summed E-state index contributed by atoms with van der Waals surface area (Å²) >= 11 is 6.18. The molecule has 0 spiro atoms.